The van der Waals surface area contributed by atoms with Gasteiger partial charge in [-0.05, 0) is 66.9 Å². The van der Waals surface area contributed by atoms with E-state index in [4.69, 9.17) is 9.47 Å². The van der Waals surface area contributed by atoms with Gasteiger partial charge in [-0.15, -0.1) is 0 Å². The summed E-state index contributed by atoms with van der Waals surface area (Å²) in [5.74, 6) is -0.268. The SMILES string of the molecule is O=C(COc1ccc(/C=N\NC(=O)CN(c2ccccn2)S(=O)(=O)c2ccccc2)cc1)NC[C@@H]1CCCO1. The van der Waals surface area contributed by atoms with E-state index in [2.05, 4.69) is 20.8 Å². The predicted octanol–water partition coefficient (Wildman–Crippen LogP) is 2.10. The Morgan fingerprint density at radius 1 is 1.05 bits per heavy atom. The Bertz CT molecular complexity index is 1360. The van der Waals surface area contributed by atoms with E-state index >= 15 is 0 Å². The second-order valence-electron chi connectivity index (χ2n) is 8.60. The number of nitrogens with zero attached hydrogens (tertiary/aromatic N) is 3. The van der Waals surface area contributed by atoms with Gasteiger partial charge in [-0.1, -0.05) is 24.3 Å². The molecule has 2 N–H and O–H groups in total. The molecule has 12 heteroatoms. The van der Waals surface area contributed by atoms with Crippen LogP contribution in [0, 0.1) is 0 Å². The number of rotatable bonds is 12. The summed E-state index contributed by atoms with van der Waals surface area (Å²) < 4.78 is 38.3. The molecular weight excluding hydrogens is 522 g/mol. The second kappa shape index (κ2) is 13.5. The van der Waals surface area contributed by atoms with E-state index in [1.54, 1.807) is 54.6 Å². The highest BCUT2D eigenvalue weighted by Gasteiger charge is 2.27. The van der Waals surface area contributed by atoms with Crippen molar-refractivity contribution in [3.05, 3.63) is 84.6 Å². The lowest BCUT2D eigenvalue weighted by Gasteiger charge is -2.22. The van der Waals surface area contributed by atoms with Crippen LogP contribution in [0.25, 0.3) is 0 Å². The van der Waals surface area contributed by atoms with Gasteiger partial charge in [0.1, 0.15) is 18.1 Å². The number of ether oxygens (including phenoxy) is 2. The molecule has 3 aromatic rings. The standard InChI is InChI=1S/C27H29N5O6S/c33-26(19-32(25-10-4-5-15-28-25)39(35,36)24-8-2-1-3-9-24)31-30-17-21-11-13-22(14-12-21)38-20-27(34)29-18-23-7-6-16-37-23/h1-5,8-15,17,23H,6-7,16,18-20H2,(H,29,34)(H,31,33)/b30-17-/t23-/m0/s1. The van der Waals surface area contributed by atoms with Crippen LogP contribution in [-0.4, -0.2) is 63.8 Å². The molecule has 1 aliphatic rings. The van der Waals surface area contributed by atoms with Crippen molar-refractivity contribution in [1.29, 1.82) is 0 Å². The first-order chi connectivity index (χ1) is 18.9. The fourth-order valence-corrected chi connectivity index (χ4v) is 5.13. The highest BCUT2D eigenvalue weighted by Crippen LogP contribution is 2.21. The number of carbonyl (C=O) groups is 2. The third-order valence-corrected chi connectivity index (χ3v) is 7.49. The van der Waals surface area contributed by atoms with Gasteiger partial charge < -0.3 is 14.8 Å². The van der Waals surface area contributed by atoms with Crippen LogP contribution in [0.3, 0.4) is 0 Å². The first-order valence-corrected chi connectivity index (χ1v) is 13.8. The molecule has 2 amide bonds. The molecule has 39 heavy (non-hydrogen) atoms. The number of benzene rings is 2. The number of hydrogen-bond donors (Lipinski definition) is 2. The molecule has 11 nitrogen and oxygen atoms in total. The van der Waals surface area contributed by atoms with Crippen molar-refractivity contribution in [2.45, 2.75) is 23.8 Å². The number of carbonyl (C=O) groups excluding carboxylic acids is 2. The Labute approximate surface area is 226 Å². The average Bonchev–Trinajstić information content (AvgIpc) is 3.49. The summed E-state index contributed by atoms with van der Waals surface area (Å²) in [5, 5.41) is 6.72. The molecule has 1 saturated heterocycles. The van der Waals surface area contributed by atoms with E-state index in [0.29, 0.717) is 17.9 Å². The lowest BCUT2D eigenvalue weighted by Crippen LogP contribution is -2.40. The van der Waals surface area contributed by atoms with Crippen LogP contribution in [-0.2, 0) is 24.3 Å². The van der Waals surface area contributed by atoms with Crippen molar-refractivity contribution in [2.75, 3.05) is 30.6 Å². The zero-order valence-electron chi connectivity index (χ0n) is 21.1. The zero-order chi connectivity index (χ0) is 27.5. The van der Waals surface area contributed by atoms with Gasteiger partial charge in [0.15, 0.2) is 6.61 Å². The molecule has 0 unspecified atom stereocenters. The summed E-state index contributed by atoms with van der Waals surface area (Å²) in [4.78, 5) is 28.7. The van der Waals surface area contributed by atoms with Gasteiger partial charge in [-0.3, -0.25) is 9.59 Å². The van der Waals surface area contributed by atoms with Crippen molar-refractivity contribution < 1.29 is 27.5 Å². The molecule has 0 spiro atoms. The lowest BCUT2D eigenvalue weighted by molar-refractivity contribution is -0.123. The monoisotopic (exact) mass is 551 g/mol. The van der Waals surface area contributed by atoms with E-state index in [-0.39, 0.29) is 29.3 Å². The number of amides is 2. The highest BCUT2D eigenvalue weighted by atomic mass is 32.2. The summed E-state index contributed by atoms with van der Waals surface area (Å²) in [6.45, 7) is 0.569. The number of sulfonamides is 1. The summed E-state index contributed by atoms with van der Waals surface area (Å²) >= 11 is 0. The summed E-state index contributed by atoms with van der Waals surface area (Å²) in [6.07, 6.45) is 4.88. The maximum atomic E-state index is 13.2. The van der Waals surface area contributed by atoms with E-state index in [1.807, 2.05) is 0 Å². The van der Waals surface area contributed by atoms with Gasteiger partial charge in [0, 0.05) is 19.3 Å². The molecule has 0 aliphatic carbocycles. The van der Waals surface area contributed by atoms with Crippen molar-refractivity contribution in [2.24, 2.45) is 5.10 Å². The minimum Gasteiger partial charge on any atom is -0.484 e. The van der Waals surface area contributed by atoms with Crippen LogP contribution in [0.5, 0.6) is 5.75 Å². The largest absolute Gasteiger partial charge is 0.484 e. The average molecular weight is 552 g/mol. The van der Waals surface area contributed by atoms with Gasteiger partial charge in [0.25, 0.3) is 21.8 Å². The fourth-order valence-electron chi connectivity index (χ4n) is 3.74. The predicted molar refractivity (Wildman–Crippen MR) is 145 cm³/mol. The van der Waals surface area contributed by atoms with E-state index in [9.17, 15) is 18.0 Å². The van der Waals surface area contributed by atoms with Crippen molar-refractivity contribution >= 4 is 33.9 Å². The molecule has 1 aliphatic heterocycles. The third-order valence-electron chi connectivity index (χ3n) is 5.73. The molecule has 0 bridgehead atoms. The maximum absolute atomic E-state index is 13.2. The van der Waals surface area contributed by atoms with Gasteiger partial charge >= 0.3 is 0 Å². The van der Waals surface area contributed by atoms with Gasteiger partial charge in [0.05, 0.1) is 17.2 Å². The smallest absolute Gasteiger partial charge is 0.265 e. The Hall–Kier alpha value is -4.29. The Balaban J connectivity index is 1.29. The van der Waals surface area contributed by atoms with Crippen LogP contribution in [0.1, 0.15) is 18.4 Å². The summed E-state index contributed by atoms with van der Waals surface area (Å²) in [7, 11) is -4.04. The number of pyridine rings is 1. The third kappa shape index (κ3) is 8.09. The molecule has 0 saturated carbocycles. The summed E-state index contributed by atoms with van der Waals surface area (Å²) in [6, 6.07) is 19.4. The normalized spacial score (nSPS) is 15.1. The quantitative estimate of drug-likeness (QED) is 0.260. The van der Waals surface area contributed by atoms with Crippen LogP contribution in [0.4, 0.5) is 5.82 Å². The molecule has 2 heterocycles. The molecule has 4 rings (SSSR count). The van der Waals surface area contributed by atoms with Gasteiger partial charge in [-0.2, -0.15) is 5.10 Å². The molecule has 1 atom stereocenters. The Morgan fingerprint density at radius 3 is 2.51 bits per heavy atom. The fraction of sp³-hybridized carbons (Fsp3) is 0.259. The van der Waals surface area contributed by atoms with Crippen LogP contribution in [0.2, 0.25) is 0 Å². The number of aromatic nitrogens is 1. The molecule has 204 valence electrons. The van der Waals surface area contributed by atoms with Crippen molar-refractivity contribution in [1.82, 2.24) is 15.7 Å². The highest BCUT2D eigenvalue weighted by molar-refractivity contribution is 7.92. The van der Waals surface area contributed by atoms with Gasteiger partial charge in [0.2, 0.25) is 0 Å². The topological polar surface area (TPSA) is 139 Å². The molecule has 1 fully saturated rings. The van der Waals surface area contributed by atoms with E-state index in [1.165, 1.54) is 30.6 Å². The van der Waals surface area contributed by atoms with Gasteiger partial charge in [-0.25, -0.2) is 23.1 Å². The number of nitrogens with one attached hydrogen (secondary N) is 2. The van der Waals surface area contributed by atoms with E-state index < -0.39 is 22.5 Å². The maximum Gasteiger partial charge on any atom is 0.265 e. The van der Waals surface area contributed by atoms with Crippen LogP contribution in [0.15, 0.2) is 89.0 Å². The molecular formula is C27H29N5O6S. The first kappa shape index (κ1) is 27.7. The first-order valence-electron chi connectivity index (χ1n) is 12.3. The second-order valence-corrected chi connectivity index (χ2v) is 10.5. The van der Waals surface area contributed by atoms with E-state index in [0.717, 1.165) is 23.8 Å². The summed E-state index contributed by atoms with van der Waals surface area (Å²) in [5.41, 5.74) is 3.01. The van der Waals surface area contributed by atoms with Crippen LogP contribution < -0.4 is 19.8 Å². The molecule has 1 aromatic heterocycles. The Morgan fingerprint density at radius 2 is 1.82 bits per heavy atom. The lowest BCUT2D eigenvalue weighted by atomic mass is 10.2. The zero-order valence-corrected chi connectivity index (χ0v) is 21.9. The van der Waals surface area contributed by atoms with Crippen molar-refractivity contribution in [3.63, 3.8) is 0 Å². The molecule has 0 radical (unpaired) electrons. The Kier molecular flexibility index (Phi) is 9.59. The number of hydrazone groups is 1. The number of hydrogen-bond acceptors (Lipinski definition) is 8. The van der Waals surface area contributed by atoms with Crippen LogP contribution >= 0.6 is 0 Å². The number of anilines is 1. The van der Waals surface area contributed by atoms with Crippen molar-refractivity contribution in [3.8, 4) is 5.75 Å². The molecule has 2 aromatic carbocycles. The minimum absolute atomic E-state index is 0.0366. The minimum atomic E-state index is -4.04.